The molecule has 3 nitrogen and oxygen atoms in total. The van der Waals surface area contributed by atoms with E-state index in [1.807, 2.05) is 45.9 Å². The molecule has 0 saturated heterocycles. The van der Waals surface area contributed by atoms with Crippen molar-refractivity contribution in [3.8, 4) is 0 Å². The zero-order chi connectivity index (χ0) is 12.3. The van der Waals surface area contributed by atoms with Crippen LogP contribution in [-0.4, -0.2) is 5.91 Å². The maximum atomic E-state index is 11.7. The Morgan fingerprint density at radius 3 is 2.56 bits per heavy atom. The van der Waals surface area contributed by atoms with Crippen molar-refractivity contribution < 1.29 is 4.79 Å². The van der Waals surface area contributed by atoms with Crippen LogP contribution in [0.3, 0.4) is 0 Å². The number of amides is 1. The van der Waals surface area contributed by atoms with Crippen LogP contribution in [0, 0.1) is 12.3 Å². The smallest absolute Gasteiger partial charge is 0.224 e. The maximum Gasteiger partial charge on any atom is 0.224 e. The number of hydrogen-bond donors (Lipinski definition) is 2. The average Bonchev–Trinajstić information content (AvgIpc) is 2.09. The van der Waals surface area contributed by atoms with Gasteiger partial charge in [0.05, 0.1) is 0 Å². The Balaban J connectivity index is 2.74. The zero-order valence-corrected chi connectivity index (χ0v) is 10.4. The highest BCUT2D eigenvalue weighted by atomic mass is 16.1. The summed E-state index contributed by atoms with van der Waals surface area (Å²) in [7, 11) is 0. The highest BCUT2D eigenvalue weighted by Crippen LogP contribution is 2.23. The normalized spacial score (nSPS) is 11.2. The van der Waals surface area contributed by atoms with Crippen molar-refractivity contribution in [2.24, 2.45) is 5.41 Å². The Morgan fingerprint density at radius 2 is 2.00 bits per heavy atom. The van der Waals surface area contributed by atoms with Gasteiger partial charge in [0.25, 0.3) is 0 Å². The maximum absolute atomic E-state index is 11.7. The van der Waals surface area contributed by atoms with Crippen LogP contribution in [0.1, 0.15) is 32.8 Å². The molecule has 0 aliphatic heterocycles. The van der Waals surface area contributed by atoms with Gasteiger partial charge in [-0.1, -0.05) is 26.8 Å². The van der Waals surface area contributed by atoms with E-state index in [4.69, 9.17) is 5.73 Å². The van der Waals surface area contributed by atoms with E-state index in [1.165, 1.54) is 0 Å². The number of anilines is 2. The average molecular weight is 220 g/mol. The van der Waals surface area contributed by atoms with Crippen LogP contribution >= 0.6 is 0 Å². The second-order valence-electron chi connectivity index (χ2n) is 5.31. The largest absolute Gasteiger partial charge is 0.398 e. The van der Waals surface area contributed by atoms with Gasteiger partial charge in [-0.3, -0.25) is 4.79 Å². The molecule has 0 radical (unpaired) electrons. The molecule has 1 rings (SSSR count). The summed E-state index contributed by atoms with van der Waals surface area (Å²) in [6.07, 6.45) is 0.501. The molecule has 3 heteroatoms. The first-order valence-electron chi connectivity index (χ1n) is 5.44. The Bertz CT molecular complexity index is 391. The van der Waals surface area contributed by atoms with Crippen LogP contribution in [-0.2, 0) is 4.79 Å². The minimum atomic E-state index is -0.00167. The third kappa shape index (κ3) is 3.57. The molecular formula is C13H20N2O. The first-order chi connectivity index (χ1) is 7.29. The van der Waals surface area contributed by atoms with E-state index in [0.29, 0.717) is 12.1 Å². The van der Waals surface area contributed by atoms with Crippen LogP contribution in [0.4, 0.5) is 11.4 Å². The van der Waals surface area contributed by atoms with Gasteiger partial charge in [-0.15, -0.1) is 0 Å². The molecule has 88 valence electrons. The summed E-state index contributed by atoms with van der Waals surface area (Å²) in [6, 6.07) is 5.54. The zero-order valence-electron chi connectivity index (χ0n) is 10.4. The molecule has 0 spiro atoms. The van der Waals surface area contributed by atoms with Crippen molar-refractivity contribution in [2.45, 2.75) is 34.1 Å². The summed E-state index contributed by atoms with van der Waals surface area (Å²) >= 11 is 0. The fourth-order valence-corrected chi connectivity index (χ4v) is 1.46. The predicted molar refractivity (Wildman–Crippen MR) is 68.3 cm³/mol. The van der Waals surface area contributed by atoms with Crippen LogP contribution in [0.15, 0.2) is 18.2 Å². The Morgan fingerprint density at radius 1 is 1.38 bits per heavy atom. The molecule has 0 heterocycles. The molecule has 0 saturated carbocycles. The summed E-state index contributed by atoms with van der Waals surface area (Å²) in [6.45, 7) is 8.03. The van der Waals surface area contributed by atoms with Crippen molar-refractivity contribution in [3.05, 3.63) is 23.8 Å². The van der Waals surface area contributed by atoms with Gasteiger partial charge in [-0.2, -0.15) is 0 Å². The molecule has 1 amide bonds. The lowest BCUT2D eigenvalue weighted by molar-refractivity contribution is -0.117. The topological polar surface area (TPSA) is 55.1 Å². The van der Waals surface area contributed by atoms with Crippen LogP contribution < -0.4 is 11.1 Å². The van der Waals surface area contributed by atoms with Crippen LogP contribution in [0.25, 0.3) is 0 Å². The first kappa shape index (κ1) is 12.6. The van der Waals surface area contributed by atoms with E-state index < -0.39 is 0 Å². The second kappa shape index (κ2) is 4.56. The Hall–Kier alpha value is -1.51. The molecule has 0 unspecified atom stereocenters. The number of nitrogens with two attached hydrogens (primary N) is 1. The molecule has 0 bridgehead atoms. The number of rotatable bonds is 2. The van der Waals surface area contributed by atoms with Gasteiger partial charge < -0.3 is 11.1 Å². The molecule has 0 atom stereocenters. The molecule has 0 aliphatic carbocycles. The molecule has 0 fully saturated rings. The number of nitrogens with one attached hydrogen (secondary N) is 1. The monoisotopic (exact) mass is 220 g/mol. The van der Waals surface area contributed by atoms with E-state index in [1.54, 1.807) is 0 Å². The predicted octanol–water partition coefficient (Wildman–Crippen LogP) is 2.95. The number of hydrogen-bond acceptors (Lipinski definition) is 2. The third-order valence-corrected chi connectivity index (χ3v) is 2.34. The summed E-state index contributed by atoms with van der Waals surface area (Å²) in [5.74, 6) is 0.0289. The highest BCUT2D eigenvalue weighted by molar-refractivity contribution is 5.92. The number of nitrogen functional groups attached to an aromatic ring is 1. The van der Waals surface area contributed by atoms with E-state index in [9.17, 15) is 4.79 Å². The summed E-state index contributed by atoms with van der Waals surface area (Å²) in [4.78, 5) is 11.7. The SMILES string of the molecule is Cc1c(N)cccc1NC(=O)CC(C)(C)C. The number of carbonyl (C=O) groups is 1. The van der Waals surface area contributed by atoms with Gasteiger partial charge in [0.1, 0.15) is 0 Å². The van der Waals surface area contributed by atoms with Crippen molar-refractivity contribution in [1.29, 1.82) is 0 Å². The molecular weight excluding hydrogens is 200 g/mol. The number of benzene rings is 1. The summed E-state index contributed by atoms with van der Waals surface area (Å²) < 4.78 is 0. The standard InChI is InChI=1S/C13H20N2O/c1-9-10(14)6-5-7-11(9)15-12(16)8-13(2,3)4/h5-7H,8,14H2,1-4H3,(H,15,16). The molecule has 0 aliphatic rings. The minimum absolute atomic E-state index is 0.00167. The van der Waals surface area contributed by atoms with Crippen molar-refractivity contribution in [2.75, 3.05) is 11.1 Å². The van der Waals surface area contributed by atoms with E-state index >= 15 is 0 Å². The Labute approximate surface area is 97.0 Å². The van der Waals surface area contributed by atoms with E-state index in [-0.39, 0.29) is 11.3 Å². The molecule has 0 aromatic heterocycles. The summed E-state index contributed by atoms with van der Waals surface area (Å²) in [5, 5.41) is 2.89. The lowest BCUT2D eigenvalue weighted by atomic mass is 9.92. The fourth-order valence-electron chi connectivity index (χ4n) is 1.46. The minimum Gasteiger partial charge on any atom is -0.398 e. The van der Waals surface area contributed by atoms with Crippen molar-refractivity contribution >= 4 is 17.3 Å². The highest BCUT2D eigenvalue weighted by Gasteiger charge is 2.16. The molecule has 1 aromatic rings. The fraction of sp³-hybridized carbons (Fsp3) is 0.462. The van der Waals surface area contributed by atoms with Gasteiger partial charge in [0.2, 0.25) is 5.91 Å². The summed E-state index contributed by atoms with van der Waals surface area (Å²) in [5.41, 5.74) is 8.19. The van der Waals surface area contributed by atoms with Gasteiger partial charge >= 0.3 is 0 Å². The van der Waals surface area contributed by atoms with E-state index in [2.05, 4.69) is 5.32 Å². The lowest BCUT2D eigenvalue weighted by Gasteiger charge is -2.18. The van der Waals surface area contributed by atoms with Gasteiger partial charge in [0, 0.05) is 17.8 Å². The van der Waals surface area contributed by atoms with Crippen LogP contribution in [0.2, 0.25) is 0 Å². The molecule has 3 N–H and O–H groups in total. The lowest BCUT2D eigenvalue weighted by Crippen LogP contribution is -2.20. The second-order valence-corrected chi connectivity index (χ2v) is 5.31. The first-order valence-corrected chi connectivity index (χ1v) is 5.44. The quantitative estimate of drug-likeness (QED) is 0.753. The Kier molecular flexibility index (Phi) is 3.58. The van der Waals surface area contributed by atoms with E-state index in [0.717, 1.165) is 11.3 Å². The van der Waals surface area contributed by atoms with Gasteiger partial charge in [-0.25, -0.2) is 0 Å². The molecule has 1 aromatic carbocycles. The third-order valence-electron chi connectivity index (χ3n) is 2.34. The van der Waals surface area contributed by atoms with Crippen LogP contribution in [0.5, 0.6) is 0 Å². The van der Waals surface area contributed by atoms with Gasteiger partial charge in [0.15, 0.2) is 0 Å². The molecule has 16 heavy (non-hydrogen) atoms. The van der Waals surface area contributed by atoms with Gasteiger partial charge in [-0.05, 0) is 30.0 Å². The van der Waals surface area contributed by atoms with Crippen molar-refractivity contribution in [1.82, 2.24) is 0 Å². The number of carbonyl (C=O) groups excluding carboxylic acids is 1. The van der Waals surface area contributed by atoms with Crippen molar-refractivity contribution in [3.63, 3.8) is 0 Å².